The number of aryl methyl sites for hydroxylation is 1. The molecule has 1 saturated carbocycles. The number of hydrogen-bond donors (Lipinski definition) is 1. The quantitative estimate of drug-likeness (QED) is 0.825. The van der Waals surface area contributed by atoms with Crippen LogP contribution in [-0.4, -0.2) is 24.4 Å². The highest BCUT2D eigenvalue weighted by molar-refractivity contribution is 5.46. The average Bonchev–Trinajstić information content (AvgIpc) is 3.06. The van der Waals surface area contributed by atoms with Crippen molar-refractivity contribution in [2.75, 3.05) is 13.7 Å². The Kier molecular flexibility index (Phi) is 3.57. The van der Waals surface area contributed by atoms with E-state index < -0.39 is 5.60 Å². The highest BCUT2D eigenvalue weighted by Crippen LogP contribution is 2.41. The summed E-state index contributed by atoms with van der Waals surface area (Å²) in [6, 6.07) is 5.92. The normalized spacial score (nSPS) is 16.6. The van der Waals surface area contributed by atoms with Crippen molar-refractivity contribution in [3.63, 3.8) is 0 Å². The molecule has 1 fully saturated rings. The van der Waals surface area contributed by atoms with Crippen LogP contribution in [0.15, 0.2) is 18.2 Å². The molecule has 1 aromatic carbocycles. The molecule has 1 N–H and O–H groups in total. The molecule has 1 aliphatic rings. The Morgan fingerprint density at radius 3 is 2.71 bits per heavy atom. The number of rotatable bonds is 6. The summed E-state index contributed by atoms with van der Waals surface area (Å²) in [7, 11) is 1.66. The van der Waals surface area contributed by atoms with Crippen molar-refractivity contribution in [2.24, 2.45) is 0 Å². The van der Waals surface area contributed by atoms with E-state index in [4.69, 9.17) is 9.47 Å². The average molecular weight is 236 g/mol. The Morgan fingerprint density at radius 2 is 2.12 bits per heavy atom. The van der Waals surface area contributed by atoms with Gasteiger partial charge in [-0.1, -0.05) is 12.1 Å². The van der Waals surface area contributed by atoms with E-state index in [2.05, 4.69) is 0 Å². The highest BCUT2D eigenvalue weighted by Gasteiger charge is 2.39. The molecule has 94 valence electrons. The zero-order valence-electron chi connectivity index (χ0n) is 10.5. The summed E-state index contributed by atoms with van der Waals surface area (Å²) in [5.74, 6) is 1.59. The van der Waals surface area contributed by atoms with Gasteiger partial charge in [0.1, 0.15) is 0 Å². The summed E-state index contributed by atoms with van der Waals surface area (Å²) in [6.45, 7) is 2.59. The van der Waals surface area contributed by atoms with Crippen LogP contribution in [0.2, 0.25) is 0 Å². The van der Waals surface area contributed by atoms with Crippen LogP contribution in [0.25, 0.3) is 0 Å². The van der Waals surface area contributed by atoms with E-state index >= 15 is 0 Å². The third-order valence-corrected chi connectivity index (χ3v) is 3.25. The maximum absolute atomic E-state index is 9.85. The molecule has 3 heteroatoms. The van der Waals surface area contributed by atoms with Gasteiger partial charge in [0.05, 0.1) is 19.3 Å². The van der Waals surface area contributed by atoms with Crippen LogP contribution in [0.4, 0.5) is 0 Å². The Balaban J connectivity index is 2.11. The van der Waals surface area contributed by atoms with Crippen LogP contribution in [-0.2, 0) is 6.42 Å². The van der Waals surface area contributed by atoms with Gasteiger partial charge in [-0.05, 0) is 44.2 Å². The molecular weight excluding hydrogens is 216 g/mol. The summed E-state index contributed by atoms with van der Waals surface area (Å²) in [6.07, 6.45) is 3.50. The second kappa shape index (κ2) is 4.96. The van der Waals surface area contributed by atoms with Gasteiger partial charge in [0.15, 0.2) is 11.5 Å². The van der Waals surface area contributed by atoms with Gasteiger partial charge in [-0.3, -0.25) is 0 Å². The minimum absolute atomic E-state index is 0.410. The highest BCUT2D eigenvalue weighted by atomic mass is 16.5. The molecular formula is C14H20O3. The van der Waals surface area contributed by atoms with Gasteiger partial charge in [0, 0.05) is 0 Å². The van der Waals surface area contributed by atoms with Crippen LogP contribution in [0, 0.1) is 0 Å². The molecule has 0 bridgehead atoms. The van der Waals surface area contributed by atoms with E-state index in [1.54, 1.807) is 7.11 Å². The van der Waals surface area contributed by atoms with Crippen LogP contribution in [0.1, 0.15) is 31.7 Å². The van der Waals surface area contributed by atoms with Gasteiger partial charge in [0.2, 0.25) is 0 Å². The van der Waals surface area contributed by atoms with Gasteiger partial charge >= 0.3 is 0 Å². The van der Waals surface area contributed by atoms with Gasteiger partial charge in [0.25, 0.3) is 0 Å². The van der Waals surface area contributed by atoms with E-state index in [9.17, 15) is 5.11 Å². The van der Waals surface area contributed by atoms with Crippen molar-refractivity contribution < 1.29 is 14.6 Å². The van der Waals surface area contributed by atoms with E-state index in [-0.39, 0.29) is 0 Å². The number of hydrogen-bond acceptors (Lipinski definition) is 3. The predicted molar refractivity (Wildman–Crippen MR) is 66.7 cm³/mol. The molecule has 17 heavy (non-hydrogen) atoms. The Bertz CT molecular complexity index is 383. The van der Waals surface area contributed by atoms with Gasteiger partial charge in [-0.25, -0.2) is 0 Å². The van der Waals surface area contributed by atoms with Crippen LogP contribution >= 0.6 is 0 Å². The van der Waals surface area contributed by atoms with E-state index in [0.717, 1.165) is 42.7 Å². The summed E-state index contributed by atoms with van der Waals surface area (Å²) < 4.78 is 10.9. The minimum atomic E-state index is -0.410. The maximum atomic E-state index is 9.85. The number of methoxy groups -OCH3 is 1. The van der Waals surface area contributed by atoms with Gasteiger partial charge in [-0.2, -0.15) is 0 Å². The van der Waals surface area contributed by atoms with Crippen LogP contribution in [0.3, 0.4) is 0 Å². The lowest BCUT2D eigenvalue weighted by Crippen LogP contribution is -2.08. The standard InChI is InChI=1S/C14H20O3/c1-3-17-12-6-4-5-11(13(12)16-2)7-8-14(15)9-10-14/h4-6,15H,3,7-10H2,1-2H3. The second-order valence-corrected chi connectivity index (χ2v) is 4.61. The molecule has 0 aliphatic heterocycles. The van der Waals surface area contributed by atoms with Crippen molar-refractivity contribution in [3.05, 3.63) is 23.8 Å². The smallest absolute Gasteiger partial charge is 0.163 e. The van der Waals surface area contributed by atoms with E-state index in [1.165, 1.54) is 0 Å². The predicted octanol–water partition coefficient (Wildman–Crippen LogP) is 2.55. The van der Waals surface area contributed by atoms with Crippen molar-refractivity contribution >= 4 is 0 Å². The fourth-order valence-electron chi connectivity index (χ4n) is 2.02. The fourth-order valence-corrected chi connectivity index (χ4v) is 2.02. The molecule has 0 atom stereocenters. The fraction of sp³-hybridized carbons (Fsp3) is 0.571. The molecule has 3 nitrogen and oxygen atoms in total. The summed E-state index contributed by atoms with van der Waals surface area (Å²) in [5, 5.41) is 9.85. The summed E-state index contributed by atoms with van der Waals surface area (Å²) >= 11 is 0. The lowest BCUT2D eigenvalue weighted by molar-refractivity contribution is 0.140. The molecule has 0 radical (unpaired) electrons. The van der Waals surface area contributed by atoms with Crippen molar-refractivity contribution in [3.8, 4) is 11.5 Å². The third-order valence-electron chi connectivity index (χ3n) is 3.25. The Hall–Kier alpha value is -1.22. The van der Waals surface area contributed by atoms with E-state index in [0.29, 0.717) is 6.61 Å². The topological polar surface area (TPSA) is 38.7 Å². The first-order chi connectivity index (χ1) is 8.18. The second-order valence-electron chi connectivity index (χ2n) is 4.61. The molecule has 0 saturated heterocycles. The monoisotopic (exact) mass is 236 g/mol. The minimum Gasteiger partial charge on any atom is -0.493 e. The zero-order chi connectivity index (χ0) is 12.3. The largest absolute Gasteiger partial charge is 0.493 e. The van der Waals surface area contributed by atoms with Crippen LogP contribution in [0.5, 0.6) is 11.5 Å². The first-order valence-electron chi connectivity index (χ1n) is 6.19. The molecule has 1 aromatic rings. The van der Waals surface area contributed by atoms with Gasteiger partial charge < -0.3 is 14.6 Å². The summed E-state index contributed by atoms with van der Waals surface area (Å²) in [5.41, 5.74) is 0.700. The Morgan fingerprint density at radius 1 is 1.35 bits per heavy atom. The molecule has 0 spiro atoms. The lowest BCUT2D eigenvalue weighted by atomic mass is 10.0. The molecule has 0 aromatic heterocycles. The van der Waals surface area contributed by atoms with Crippen LogP contribution < -0.4 is 9.47 Å². The number of para-hydroxylation sites is 1. The van der Waals surface area contributed by atoms with Crippen molar-refractivity contribution in [1.29, 1.82) is 0 Å². The number of aliphatic hydroxyl groups is 1. The summed E-state index contributed by atoms with van der Waals surface area (Å²) in [4.78, 5) is 0. The molecule has 2 rings (SSSR count). The molecule has 0 unspecified atom stereocenters. The first-order valence-corrected chi connectivity index (χ1v) is 6.19. The van der Waals surface area contributed by atoms with Gasteiger partial charge in [-0.15, -0.1) is 0 Å². The van der Waals surface area contributed by atoms with Crippen molar-refractivity contribution in [2.45, 2.75) is 38.2 Å². The van der Waals surface area contributed by atoms with Crippen molar-refractivity contribution in [1.82, 2.24) is 0 Å². The number of ether oxygens (including phenoxy) is 2. The lowest BCUT2D eigenvalue weighted by Gasteiger charge is -2.14. The molecule has 0 amide bonds. The first kappa shape index (κ1) is 12.2. The molecule has 1 aliphatic carbocycles. The number of benzene rings is 1. The maximum Gasteiger partial charge on any atom is 0.163 e. The SMILES string of the molecule is CCOc1cccc(CCC2(O)CC2)c1OC. The third kappa shape index (κ3) is 2.91. The molecule has 0 heterocycles. The Labute approximate surface area is 102 Å². The van der Waals surface area contributed by atoms with E-state index in [1.807, 2.05) is 25.1 Å². The zero-order valence-corrected chi connectivity index (χ0v) is 10.5.